The molecular formula is C30H37N3O4. The van der Waals surface area contributed by atoms with E-state index >= 15 is 0 Å². The number of Topliss-reactive ketones (excluding diaryl/α,β-unsaturated/α-hetero) is 1. The number of phenols is 1. The average Bonchev–Trinajstić information content (AvgIpc) is 2.88. The van der Waals surface area contributed by atoms with Crippen LogP contribution in [0.2, 0.25) is 0 Å². The summed E-state index contributed by atoms with van der Waals surface area (Å²) >= 11 is 0. The molecule has 0 radical (unpaired) electrons. The topological polar surface area (TPSA) is 84.3 Å². The Morgan fingerprint density at radius 3 is 2.57 bits per heavy atom. The van der Waals surface area contributed by atoms with Crippen LogP contribution in [0.5, 0.6) is 5.75 Å². The van der Waals surface area contributed by atoms with Crippen LogP contribution in [0, 0.1) is 5.92 Å². The number of amides is 1. The molecule has 2 aliphatic carbocycles. The molecule has 0 spiro atoms. The molecular weight excluding hydrogens is 466 g/mol. The lowest BCUT2D eigenvalue weighted by Crippen LogP contribution is -2.73. The van der Waals surface area contributed by atoms with Crippen LogP contribution in [0.1, 0.15) is 42.4 Å². The van der Waals surface area contributed by atoms with E-state index in [4.69, 9.17) is 0 Å². The van der Waals surface area contributed by atoms with Crippen molar-refractivity contribution in [3.63, 3.8) is 0 Å². The molecule has 196 valence electrons. The molecule has 2 aromatic rings. The molecule has 2 aromatic carbocycles. The van der Waals surface area contributed by atoms with Gasteiger partial charge in [-0.2, -0.15) is 0 Å². The van der Waals surface area contributed by atoms with Gasteiger partial charge < -0.3 is 20.0 Å². The number of nitrogens with zero attached hydrogens (tertiary/aromatic N) is 3. The smallest absolute Gasteiger partial charge is 0.223 e. The first-order chi connectivity index (χ1) is 17.8. The van der Waals surface area contributed by atoms with Crippen LogP contribution in [0.4, 0.5) is 0 Å². The molecule has 1 saturated carbocycles. The van der Waals surface area contributed by atoms with Crippen molar-refractivity contribution in [2.75, 3.05) is 39.8 Å². The maximum atomic E-state index is 13.6. The number of aromatic hydroxyl groups is 1. The van der Waals surface area contributed by atoms with Crippen LogP contribution in [0.25, 0.3) is 0 Å². The second-order valence-electron chi connectivity index (χ2n) is 11.7. The standard InChI is InChI=1S/C30H37N3O4/c1-31-10-9-29-19-26(35)23(18-30(29,37)27(31)15-22-7-8-24(34)17-25(22)29)16-28(36)33-13-11-32(12-14-33)20-21-5-3-2-4-6-21/h2-8,17,23,27,34,37H,9-16,18-20H2,1H3/t23-,27?,29?,30?/m0/s1. The first-order valence-corrected chi connectivity index (χ1v) is 13.6. The monoisotopic (exact) mass is 503 g/mol. The zero-order chi connectivity index (χ0) is 25.8. The number of hydrogen-bond donors (Lipinski definition) is 2. The molecule has 2 aliphatic heterocycles. The molecule has 37 heavy (non-hydrogen) atoms. The Morgan fingerprint density at radius 2 is 1.81 bits per heavy atom. The van der Waals surface area contributed by atoms with Gasteiger partial charge in [-0.05, 0) is 61.7 Å². The zero-order valence-electron chi connectivity index (χ0n) is 21.6. The van der Waals surface area contributed by atoms with E-state index in [1.54, 1.807) is 12.1 Å². The number of piperidine rings is 1. The number of likely N-dealkylation sites (tertiary alicyclic amines) is 1. The van der Waals surface area contributed by atoms with Crippen molar-refractivity contribution in [1.82, 2.24) is 14.7 Å². The number of rotatable bonds is 4. The van der Waals surface area contributed by atoms with Crippen LogP contribution in [0.15, 0.2) is 48.5 Å². The lowest BCUT2D eigenvalue weighted by Gasteiger charge is -2.63. The molecule has 3 unspecified atom stereocenters. The third-order valence-corrected chi connectivity index (χ3v) is 9.71. The van der Waals surface area contributed by atoms with Crippen LogP contribution in [-0.2, 0) is 28.0 Å². The zero-order valence-corrected chi connectivity index (χ0v) is 21.6. The molecule has 2 saturated heterocycles. The molecule has 0 aromatic heterocycles. The van der Waals surface area contributed by atoms with E-state index in [1.807, 2.05) is 36.2 Å². The number of ketones is 1. The second-order valence-corrected chi connectivity index (χ2v) is 11.7. The fourth-order valence-electron chi connectivity index (χ4n) is 7.63. The Kier molecular flexibility index (Phi) is 6.13. The Morgan fingerprint density at radius 1 is 1.05 bits per heavy atom. The van der Waals surface area contributed by atoms with Crippen molar-refractivity contribution in [3.05, 3.63) is 65.2 Å². The van der Waals surface area contributed by atoms with Gasteiger partial charge in [-0.3, -0.25) is 14.5 Å². The summed E-state index contributed by atoms with van der Waals surface area (Å²) in [5.74, 6) is -0.213. The lowest BCUT2D eigenvalue weighted by molar-refractivity contribution is -0.179. The van der Waals surface area contributed by atoms with E-state index in [0.717, 1.165) is 37.3 Å². The molecule has 7 heteroatoms. The van der Waals surface area contributed by atoms with Crippen molar-refractivity contribution in [3.8, 4) is 5.75 Å². The Balaban J connectivity index is 1.16. The lowest BCUT2D eigenvalue weighted by atomic mass is 9.47. The van der Waals surface area contributed by atoms with Gasteiger partial charge in [0.05, 0.1) is 5.60 Å². The number of phenolic OH excluding ortho intramolecular Hbond substituents is 1. The minimum Gasteiger partial charge on any atom is -0.508 e. The molecule has 3 fully saturated rings. The predicted molar refractivity (Wildman–Crippen MR) is 140 cm³/mol. The minimum atomic E-state index is -1.10. The third-order valence-electron chi connectivity index (χ3n) is 9.71. The Hall–Kier alpha value is -2.74. The highest BCUT2D eigenvalue weighted by Crippen LogP contribution is 2.58. The summed E-state index contributed by atoms with van der Waals surface area (Å²) in [4.78, 5) is 33.4. The van der Waals surface area contributed by atoms with Crippen LogP contribution in [-0.4, -0.2) is 88.0 Å². The van der Waals surface area contributed by atoms with Gasteiger partial charge in [0.1, 0.15) is 11.5 Å². The molecule has 2 N–H and O–H groups in total. The summed E-state index contributed by atoms with van der Waals surface area (Å²) in [5.41, 5.74) is 1.50. The van der Waals surface area contributed by atoms with Gasteiger partial charge in [0.2, 0.25) is 5.91 Å². The largest absolute Gasteiger partial charge is 0.508 e. The van der Waals surface area contributed by atoms with E-state index < -0.39 is 16.9 Å². The minimum absolute atomic E-state index is 0.0182. The molecule has 6 rings (SSSR count). The molecule has 2 heterocycles. The highest BCUT2D eigenvalue weighted by Gasteiger charge is 2.66. The van der Waals surface area contributed by atoms with Gasteiger partial charge in [-0.15, -0.1) is 0 Å². The molecule has 4 atom stereocenters. The number of benzene rings is 2. The first kappa shape index (κ1) is 24.6. The van der Waals surface area contributed by atoms with Crippen LogP contribution in [0.3, 0.4) is 0 Å². The summed E-state index contributed by atoms with van der Waals surface area (Å²) in [6.45, 7) is 4.65. The summed E-state index contributed by atoms with van der Waals surface area (Å²) < 4.78 is 0. The molecule has 7 nitrogen and oxygen atoms in total. The fourth-order valence-corrected chi connectivity index (χ4v) is 7.63. The van der Waals surface area contributed by atoms with Crippen molar-refractivity contribution in [1.29, 1.82) is 0 Å². The van der Waals surface area contributed by atoms with Crippen LogP contribution < -0.4 is 0 Å². The average molecular weight is 504 g/mol. The number of likely N-dealkylation sites (N-methyl/N-ethyl adjacent to an activating group) is 1. The van der Waals surface area contributed by atoms with E-state index in [-0.39, 0.29) is 36.3 Å². The van der Waals surface area contributed by atoms with Crippen molar-refractivity contribution >= 4 is 11.7 Å². The van der Waals surface area contributed by atoms with E-state index in [2.05, 4.69) is 21.9 Å². The van der Waals surface area contributed by atoms with Gasteiger partial charge >= 0.3 is 0 Å². The Bertz CT molecular complexity index is 1190. The quantitative estimate of drug-likeness (QED) is 0.667. The SMILES string of the molecule is CN1CCC23CC(=O)[C@@H](CC(=O)N4CCN(Cc5ccccc5)CC4)CC2(O)C1Cc1ccc(O)cc13. The van der Waals surface area contributed by atoms with Gasteiger partial charge in [0, 0.05) is 62.9 Å². The number of piperazine rings is 1. The van der Waals surface area contributed by atoms with Gasteiger partial charge in [-0.25, -0.2) is 0 Å². The highest BCUT2D eigenvalue weighted by molar-refractivity contribution is 5.89. The third kappa shape index (κ3) is 4.08. The van der Waals surface area contributed by atoms with Crippen molar-refractivity contribution in [2.45, 2.75) is 55.7 Å². The summed E-state index contributed by atoms with van der Waals surface area (Å²) in [6.07, 6.45) is 2.05. The number of carbonyl (C=O) groups is 2. The number of fused-ring (bicyclic) bond motifs is 1. The van der Waals surface area contributed by atoms with E-state index in [0.29, 0.717) is 32.4 Å². The summed E-state index contributed by atoms with van der Waals surface area (Å²) in [7, 11) is 2.05. The number of aliphatic hydroxyl groups is 1. The number of hydrogen-bond acceptors (Lipinski definition) is 6. The van der Waals surface area contributed by atoms with E-state index in [1.165, 1.54) is 5.56 Å². The first-order valence-electron chi connectivity index (χ1n) is 13.6. The maximum Gasteiger partial charge on any atom is 0.223 e. The number of carbonyl (C=O) groups excluding carboxylic acids is 2. The highest BCUT2D eigenvalue weighted by atomic mass is 16.3. The normalized spacial score (nSPS) is 32.1. The Labute approximate surface area is 218 Å². The molecule has 1 amide bonds. The second kappa shape index (κ2) is 9.22. The summed E-state index contributed by atoms with van der Waals surface area (Å²) in [5, 5.41) is 22.6. The van der Waals surface area contributed by atoms with Crippen LogP contribution >= 0.6 is 0 Å². The predicted octanol–water partition coefficient (Wildman–Crippen LogP) is 2.33. The van der Waals surface area contributed by atoms with Gasteiger partial charge in [0.25, 0.3) is 0 Å². The fraction of sp³-hybridized carbons (Fsp3) is 0.533. The molecule has 2 bridgehead atoms. The van der Waals surface area contributed by atoms with Crippen molar-refractivity contribution < 1.29 is 19.8 Å². The maximum absolute atomic E-state index is 13.6. The van der Waals surface area contributed by atoms with Gasteiger partial charge in [0.15, 0.2) is 0 Å². The molecule has 4 aliphatic rings. The van der Waals surface area contributed by atoms with Crippen molar-refractivity contribution in [2.24, 2.45) is 5.92 Å². The van der Waals surface area contributed by atoms with E-state index in [9.17, 15) is 19.8 Å². The van der Waals surface area contributed by atoms with Gasteiger partial charge in [-0.1, -0.05) is 36.4 Å². The summed E-state index contributed by atoms with van der Waals surface area (Å²) in [6, 6.07) is 15.7.